The molecule has 156 valence electrons. The molecule has 2 aliphatic rings. The number of amides is 1. The Hall–Kier alpha value is -2.60. The van der Waals surface area contributed by atoms with Crippen molar-refractivity contribution in [2.24, 2.45) is 5.16 Å². The predicted octanol–water partition coefficient (Wildman–Crippen LogP) is 2.48. The van der Waals surface area contributed by atoms with Gasteiger partial charge in [0.1, 0.15) is 12.1 Å². The van der Waals surface area contributed by atoms with Gasteiger partial charge in [-0.05, 0) is 38.7 Å². The summed E-state index contributed by atoms with van der Waals surface area (Å²) in [6, 6.07) is 4.44. The average molecular weight is 405 g/mol. The molecule has 3 rings (SSSR count). The maximum Gasteiger partial charge on any atom is 0.268 e. The topological polar surface area (TPSA) is 90.6 Å². The second kappa shape index (κ2) is 8.82. The Balaban J connectivity index is 1.43. The number of carbonyl (C=O) groups is 1. The first-order valence-electron chi connectivity index (χ1n) is 9.71. The van der Waals surface area contributed by atoms with Crippen LogP contribution in [-0.4, -0.2) is 58.7 Å². The number of nitrogens with zero attached hydrogens (tertiary/aromatic N) is 4. The molecule has 2 fully saturated rings. The van der Waals surface area contributed by atoms with Crippen molar-refractivity contribution >= 4 is 12.1 Å². The molecule has 9 heteroatoms. The largest absolute Gasteiger partial charge is 0.392 e. The van der Waals surface area contributed by atoms with E-state index in [-0.39, 0.29) is 18.2 Å². The standard InChI is InChI=1S/C20H25F2N5O2/c1-19(25-13-18(28)27-14-20(21,22)9-16(27)10-23)6-4-17(5-7-19)29-26-12-15-3-2-8-24-11-15/h2-3,8,11-12,16-17,25H,4-7,9,13-14H2,1H3/b26-12+/t16-,17?,19?/m0/s1. The third-order valence-electron chi connectivity index (χ3n) is 5.54. The van der Waals surface area contributed by atoms with Gasteiger partial charge in [-0.15, -0.1) is 0 Å². The van der Waals surface area contributed by atoms with Crippen molar-refractivity contribution in [2.75, 3.05) is 13.1 Å². The fourth-order valence-electron chi connectivity index (χ4n) is 3.73. The Labute approximate surface area is 168 Å². The third kappa shape index (κ3) is 5.70. The molecule has 1 aliphatic heterocycles. The summed E-state index contributed by atoms with van der Waals surface area (Å²) in [5, 5.41) is 16.3. The first-order valence-corrected chi connectivity index (χ1v) is 9.71. The molecular weight excluding hydrogens is 380 g/mol. The van der Waals surface area contributed by atoms with E-state index in [0.29, 0.717) is 0 Å². The Kier molecular flexibility index (Phi) is 6.42. The number of nitrogens with one attached hydrogen (secondary N) is 1. The van der Waals surface area contributed by atoms with Crippen LogP contribution in [0.15, 0.2) is 29.7 Å². The maximum atomic E-state index is 13.5. The van der Waals surface area contributed by atoms with E-state index in [1.807, 2.05) is 19.1 Å². The van der Waals surface area contributed by atoms with E-state index in [4.69, 9.17) is 10.1 Å². The quantitative estimate of drug-likeness (QED) is 0.580. The van der Waals surface area contributed by atoms with Gasteiger partial charge in [-0.3, -0.25) is 9.78 Å². The van der Waals surface area contributed by atoms with E-state index in [2.05, 4.69) is 15.5 Å². The van der Waals surface area contributed by atoms with Crippen molar-refractivity contribution < 1.29 is 18.4 Å². The molecule has 0 spiro atoms. The van der Waals surface area contributed by atoms with Gasteiger partial charge in [0.15, 0.2) is 0 Å². The summed E-state index contributed by atoms with van der Waals surface area (Å²) < 4.78 is 27.0. The number of halogens is 2. The minimum Gasteiger partial charge on any atom is -0.392 e. The number of rotatable bonds is 6. The molecule has 7 nitrogen and oxygen atoms in total. The number of likely N-dealkylation sites (tertiary alicyclic amines) is 1. The second-order valence-corrected chi connectivity index (χ2v) is 7.97. The summed E-state index contributed by atoms with van der Waals surface area (Å²) in [6.45, 7) is 1.26. The van der Waals surface area contributed by atoms with Gasteiger partial charge in [-0.25, -0.2) is 8.78 Å². The van der Waals surface area contributed by atoms with Crippen molar-refractivity contribution in [3.8, 4) is 6.07 Å². The van der Waals surface area contributed by atoms with E-state index in [0.717, 1.165) is 36.1 Å². The number of oxime groups is 1. The highest BCUT2D eigenvalue weighted by molar-refractivity contribution is 5.79. The number of hydrogen-bond acceptors (Lipinski definition) is 6. The SMILES string of the molecule is CC1(NCC(=O)N2CC(F)(F)C[C@H]2C#N)CCC(O/N=C/c2cccnc2)CC1. The van der Waals surface area contributed by atoms with Gasteiger partial charge >= 0.3 is 0 Å². The summed E-state index contributed by atoms with van der Waals surface area (Å²) >= 11 is 0. The highest BCUT2D eigenvalue weighted by Crippen LogP contribution is 2.32. The minimum atomic E-state index is -2.99. The molecule has 1 aromatic heterocycles. The predicted molar refractivity (Wildman–Crippen MR) is 102 cm³/mol. The Morgan fingerprint density at radius 1 is 1.52 bits per heavy atom. The summed E-state index contributed by atoms with van der Waals surface area (Å²) in [6.07, 6.45) is 7.48. The van der Waals surface area contributed by atoms with Crippen LogP contribution in [0.4, 0.5) is 8.78 Å². The van der Waals surface area contributed by atoms with Gasteiger partial charge in [-0.2, -0.15) is 5.26 Å². The van der Waals surface area contributed by atoms with Crippen LogP contribution in [0.25, 0.3) is 0 Å². The van der Waals surface area contributed by atoms with Crippen LogP contribution in [0.2, 0.25) is 0 Å². The lowest BCUT2D eigenvalue weighted by atomic mass is 9.82. The zero-order valence-electron chi connectivity index (χ0n) is 16.4. The highest BCUT2D eigenvalue weighted by Gasteiger charge is 2.47. The van der Waals surface area contributed by atoms with Crippen LogP contribution in [0.1, 0.15) is 44.6 Å². The van der Waals surface area contributed by atoms with E-state index in [1.165, 1.54) is 0 Å². The first kappa shape index (κ1) is 21.1. The van der Waals surface area contributed by atoms with Gasteiger partial charge in [0.2, 0.25) is 5.91 Å². The highest BCUT2D eigenvalue weighted by atomic mass is 19.3. The van der Waals surface area contributed by atoms with Crippen molar-refractivity contribution in [3.05, 3.63) is 30.1 Å². The van der Waals surface area contributed by atoms with Gasteiger partial charge in [0.25, 0.3) is 5.92 Å². The average Bonchev–Trinajstić information content (AvgIpc) is 3.03. The molecular formula is C20H25F2N5O2. The lowest BCUT2D eigenvalue weighted by molar-refractivity contribution is -0.132. The normalized spacial score (nSPS) is 29.0. The molecule has 1 saturated carbocycles. The second-order valence-electron chi connectivity index (χ2n) is 7.97. The van der Waals surface area contributed by atoms with Crippen LogP contribution < -0.4 is 5.32 Å². The van der Waals surface area contributed by atoms with Crippen LogP contribution in [0.3, 0.4) is 0 Å². The van der Waals surface area contributed by atoms with Gasteiger partial charge in [0, 0.05) is 29.9 Å². The van der Waals surface area contributed by atoms with E-state index in [9.17, 15) is 13.6 Å². The third-order valence-corrected chi connectivity index (χ3v) is 5.54. The van der Waals surface area contributed by atoms with Gasteiger partial charge in [-0.1, -0.05) is 11.2 Å². The van der Waals surface area contributed by atoms with Crippen LogP contribution in [0.5, 0.6) is 0 Å². The number of hydrogen-bond donors (Lipinski definition) is 1. The molecule has 1 atom stereocenters. The molecule has 29 heavy (non-hydrogen) atoms. The molecule has 1 aromatic rings. The number of alkyl halides is 2. The fraction of sp³-hybridized carbons (Fsp3) is 0.600. The molecule has 0 bridgehead atoms. The summed E-state index contributed by atoms with van der Waals surface area (Å²) in [5.74, 6) is -3.46. The smallest absolute Gasteiger partial charge is 0.268 e. The van der Waals surface area contributed by atoms with E-state index in [1.54, 1.807) is 24.7 Å². The lowest BCUT2D eigenvalue weighted by Gasteiger charge is -2.37. The van der Waals surface area contributed by atoms with Gasteiger partial charge < -0.3 is 15.1 Å². The van der Waals surface area contributed by atoms with Crippen LogP contribution >= 0.6 is 0 Å². The monoisotopic (exact) mass is 405 g/mol. The molecule has 0 unspecified atom stereocenters. The molecule has 1 N–H and O–H groups in total. The molecule has 2 heterocycles. The van der Waals surface area contributed by atoms with E-state index < -0.39 is 30.8 Å². The summed E-state index contributed by atoms with van der Waals surface area (Å²) in [4.78, 5) is 22.9. The Morgan fingerprint density at radius 3 is 2.93 bits per heavy atom. The number of pyridine rings is 1. The Bertz CT molecular complexity index is 773. The van der Waals surface area contributed by atoms with E-state index >= 15 is 0 Å². The Morgan fingerprint density at radius 2 is 2.28 bits per heavy atom. The van der Waals surface area contributed by atoms with Crippen molar-refractivity contribution in [2.45, 2.75) is 62.6 Å². The minimum absolute atomic E-state index is 0.00580. The van der Waals surface area contributed by atoms with Crippen LogP contribution in [0, 0.1) is 11.3 Å². The zero-order chi connectivity index (χ0) is 20.9. The fourth-order valence-corrected chi connectivity index (χ4v) is 3.73. The zero-order valence-corrected chi connectivity index (χ0v) is 16.4. The number of nitriles is 1. The lowest BCUT2D eigenvalue weighted by Crippen LogP contribution is -2.51. The van der Waals surface area contributed by atoms with Crippen molar-refractivity contribution in [1.29, 1.82) is 5.26 Å². The molecule has 0 radical (unpaired) electrons. The first-order chi connectivity index (χ1) is 13.8. The molecule has 1 saturated heterocycles. The summed E-state index contributed by atoms with van der Waals surface area (Å²) in [7, 11) is 0. The van der Waals surface area contributed by atoms with Gasteiger partial charge in [0.05, 0.1) is 25.4 Å². The molecule has 1 amide bonds. The summed E-state index contributed by atoms with van der Waals surface area (Å²) in [5.41, 5.74) is 0.573. The molecule has 1 aliphatic carbocycles. The number of aromatic nitrogens is 1. The maximum absolute atomic E-state index is 13.5. The van der Waals surface area contributed by atoms with Crippen LogP contribution in [-0.2, 0) is 9.63 Å². The van der Waals surface area contributed by atoms with Crippen molar-refractivity contribution in [3.63, 3.8) is 0 Å². The number of carbonyl (C=O) groups excluding carboxylic acids is 1. The van der Waals surface area contributed by atoms with Crippen molar-refractivity contribution in [1.82, 2.24) is 15.2 Å². The molecule has 0 aromatic carbocycles.